The lowest BCUT2D eigenvalue weighted by Crippen LogP contribution is -2.27. The SMILES string of the molecule is Cc1ccn2cc(C(C)Nc3nccc(N)c3C#N)n(-c3ccccc3)c(=O)c12. The van der Waals surface area contributed by atoms with Gasteiger partial charge in [-0.15, -0.1) is 0 Å². The molecule has 0 fully saturated rings. The fourth-order valence-electron chi connectivity index (χ4n) is 3.49. The summed E-state index contributed by atoms with van der Waals surface area (Å²) in [6.07, 6.45) is 5.35. The van der Waals surface area contributed by atoms with E-state index in [2.05, 4.69) is 16.4 Å². The van der Waals surface area contributed by atoms with E-state index in [4.69, 9.17) is 5.73 Å². The molecule has 4 aromatic rings. The molecule has 1 aromatic carbocycles. The second-order valence-corrected chi connectivity index (χ2v) is 6.89. The molecule has 0 amide bonds. The number of hydrogen-bond acceptors (Lipinski definition) is 5. The Hall–Kier alpha value is -4.05. The van der Waals surface area contributed by atoms with Crippen LogP contribution in [0, 0.1) is 18.3 Å². The summed E-state index contributed by atoms with van der Waals surface area (Å²) in [6.45, 7) is 3.84. The number of benzene rings is 1. The third-order valence-corrected chi connectivity index (χ3v) is 4.96. The predicted octanol–water partition coefficient (Wildman–Crippen LogP) is 3.42. The van der Waals surface area contributed by atoms with Gasteiger partial charge >= 0.3 is 0 Å². The van der Waals surface area contributed by atoms with Gasteiger partial charge in [0, 0.05) is 24.3 Å². The average Bonchev–Trinajstić information content (AvgIpc) is 3.10. The van der Waals surface area contributed by atoms with Gasteiger partial charge in [-0.25, -0.2) is 4.98 Å². The zero-order valence-corrected chi connectivity index (χ0v) is 16.1. The van der Waals surface area contributed by atoms with E-state index in [9.17, 15) is 10.1 Å². The molecule has 0 radical (unpaired) electrons. The molecule has 0 aliphatic carbocycles. The molecule has 7 nitrogen and oxygen atoms in total. The van der Waals surface area contributed by atoms with Gasteiger partial charge in [0.15, 0.2) is 0 Å². The summed E-state index contributed by atoms with van der Waals surface area (Å²) in [5.41, 5.74) is 9.48. The summed E-state index contributed by atoms with van der Waals surface area (Å²) in [5.74, 6) is 0.385. The maximum atomic E-state index is 13.4. The number of hydrogen-bond donors (Lipinski definition) is 2. The Morgan fingerprint density at radius 1 is 1.21 bits per heavy atom. The van der Waals surface area contributed by atoms with E-state index in [1.54, 1.807) is 16.8 Å². The van der Waals surface area contributed by atoms with Crippen LogP contribution in [0.3, 0.4) is 0 Å². The fourth-order valence-corrected chi connectivity index (χ4v) is 3.49. The molecule has 29 heavy (non-hydrogen) atoms. The van der Waals surface area contributed by atoms with Crippen molar-refractivity contribution in [2.24, 2.45) is 0 Å². The normalized spacial score (nSPS) is 11.9. The number of aryl methyl sites for hydroxylation is 1. The first kappa shape index (κ1) is 18.3. The van der Waals surface area contributed by atoms with Crippen LogP contribution >= 0.6 is 0 Å². The minimum absolute atomic E-state index is 0.106. The van der Waals surface area contributed by atoms with Crippen molar-refractivity contribution in [1.82, 2.24) is 14.0 Å². The molecule has 0 aliphatic heterocycles. The van der Waals surface area contributed by atoms with Gasteiger partial charge in [-0.05, 0) is 43.7 Å². The first-order chi connectivity index (χ1) is 14.0. The number of nitriles is 1. The van der Waals surface area contributed by atoms with Gasteiger partial charge in [-0.3, -0.25) is 9.36 Å². The summed E-state index contributed by atoms with van der Waals surface area (Å²) in [6, 6.07) is 14.8. The van der Waals surface area contributed by atoms with Gasteiger partial charge in [0.25, 0.3) is 5.56 Å². The van der Waals surface area contributed by atoms with E-state index in [0.29, 0.717) is 17.0 Å². The van der Waals surface area contributed by atoms with Crippen LogP contribution in [0.4, 0.5) is 11.5 Å². The molecule has 1 atom stereocenters. The summed E-state index contributed by atoms with van der Waals surface area (Å²) < 4.78 is 3.53. The molecule has 3 heterocycles. The Balaban J connectivity index is 1.90. The molecule has 0 spiro atoms. The third-order valence-electron chi connectivity index (χ3n) is 4.96. The standard InChI is InChI=1S/C22H20N6O/c1-14-9-11-27-13-19(15(2)26-21-17(12-23)18(24)8-10-25-21)28(22(29)20(14)27)16-6-4-3-5-7-16/h3-11,13,15H,1-2H3,(H3,24,25,26). The summed E-state index contributed by atoms with van der Waals surface area (Å²) in [5, 5.41) is 12.7. The van der Waals surface area contributed by atoms with Crippen molar-refractivity contribution in [2.45, 2.75) is 19.9 Å². The van der Waals surface area contributed by atoms with Crippen LogP contribution in [0.1, 0.15) is 29.8 Å². The van der Waals surface area contributed by atoms with Crippen LogP contribution in [-0.2, 0) is 0 Å². The van der Waals surface area contributed by atoms with E-state index in [1.807, 2.05) is 67.0 Å². The molecule has 0 saturated heterocycles. The number of rotatable bonds is 4. The van der Waals surface area contributed by atoms with Gasteiger partial charge in [0.1, 0.15) is 23.0 Å². The van der Waals surface area contributed by atoms with Crippen molar-refractivity contribution >= 4 is 17.0 Å². The van der Waals surface area contributed by atoms with Gasteiger partial charge < -0.3 is 15.5 Å². The molecule has 3 N–H and O–H groups in total. The highest BCUT2D eigenvalue weighted by Gasteiger charge is 2.19. The molecule has 0 bridgehead atoms. The van der Waals surface area contributed by atoms with Crippen molar-refractivity contribution in [2.75, 3.05) is 11.1 Å². The first-order valence-electron chi connectivity index (χ1n) is 9.21. The van der Waals surface area contributed by atoms with Crippen LogP contribution in [0.5, 0.6) is 0 Å². The van der Waals surface area contributed by atoms with E-state index < -0.39 is 0 Å². The number of nitrogens with zero attached hydrogens (tertiary/aromatic N) is 4. The van der Waals surface area contributed by atoms with Crippen LogP contribution in [-0.4, -0.2) is 14.0 Å². The fraction of sp³-hybridized carbons (Fsp3) is 0.136. The minimum Gasteiger partial charge on any atom is -0.397 e. The second kappa shape index (κ2) is 7.17. The Labute approximate surface area is 167 Å². The molecule has 144 valence electrons. The third kappa shape index (κ3) is 3.11. The molecule has 7 heteroatoms. The molecule has 0 aliphatic rings. The highest BCUT2D eigenvalue weighted by Crippen LogP contribution is 2.25. The average molecular weight is 384 g/mol. The van der Waals surface area contributed by atoms with Crippen molar-refractivity contribution in [3.8, 4) is 11.8 Å². The van der Waals surface area contributed by atoms with Crippen molar-refractivity contribution < 1.29 is 0 Å². The summed E-state index contributed by atoms with van der Waals surface area (Å²) in [4.78, 5) is 17.7. The second-order valence-electron chi connectivity index (χ2n) is 6.89. The number of nitrogens with one attached hydrogen (secondary N) is 1. The molecule has 1 unspecified atom stereocenters. The van der Waals surface area contributed by atoms with E-state index in [0.717, 1.165) is 16.9 Å². The van der Waals surface area contributed by atoms with Crippen molar-refractivity contribution in [3.63, 3.8) is 0 Å². The maximum absolute atomic E-state index is 13.4. The zero-order valence-electron chi connectivity index (χ0n) is 16.1. The van der Waals surface area contributed by atoms with Gasteiger partial charge in [0.2, 0.25) is 0 Å². The van der Waals surface area contributed by atoms with Gasteiger partial charge in [0.05, 0.1) is 17.4 Å². The topological polar surface area (TPSA) is 101 Å². The number of para-hydroxylation sites is 1. The van der Waals surface area contributed by atoms with Gasteiger partial charge in [-0.1, -0.05) is 18.2 Å². The summed E-state index contributed by atoms with van der Waals surface area (Å²) in [7, 11) is 0. The largest absolute Gasteiger partial charge is 0.397 e. The Morgan fingerprint density at radius 3 is 2.69 bits per heavy atom. The number of nitrogens with two attached hydrogens (primary N) is 1. The van der Waals surface area contributed by atoms with Crippen LogP contribution in [0.2, 0.25) is 0 Å². The Kier molecular flexibility index (Phi) is 4.53. The lowest BCUT2D eigenvalue weighted by atomic mass is 10.1. The van der Waals surface area contributed by atoms with Crippen molar-refractivity contribution in [1.29, 1.82) is 5.26 Å². The lowest BCUT2D eigenvalue weighted by molar-refractivity contribution is 0.753. The van der Waals surface area contributed by atoms with Crippen LogP contribution in [0.15, 0.2) is 65.8 Å². The number of anilines is 2. The minimum atomic E-state index is -0.323. The highest BCUT2D eigenvalue weighted by molar-refractivity contribution is 5.66. The van der Waals surface area contributed by atoms with E-state index in [1.165, 1.54) is 0 Å². The molecular weight excluding hydrogens is 364 g/mol. The van der Waals surface area contributed by atoms with Crippen molar-refractivity contribution in [3.05, 3.63) is 88.2 Å². The first-order valence-corrected chi connectivity index (χ1v) is 9.21. The predicted molar refractivity (Wildman–Crippen MR) is 113 cm³/mol. The zero-order chi connectivity index (χ0) is 20.5. The lowest BCUT2D eigenvalue weighted by Gasteiger charge is -2.21. The highest BCUT2D eigenvalue weighted by atomic mass is 16.1. The van der Waals surface area contributed by atoms with E-state index in [-0.39, 0.29) is 17.2 Å². The van der Waals surface area contributed by atoms with Crippen LogP contribution < -0.4 is 16.6 Å². The molecule has 4 rings (SSSR count). The number of nitrogen functional groups attached to an aromatic ring is 1. The monoisotopic (exact) mass is 384 g/mol. The summed E-state index contributed by atoms with van der Waals surface area (Å²) >= 11 is 0. The molecular formula is C22H20N6O. The Morgan fingerprint density at radius 2 is 1.97 bits per heavy atom. The Bertz CT molecular complexity index is 1300. The number of pyridine rings is 1. The number of aromatic nitrogens is 3. The number of fused-ring (bicyclic) bond motifs is 1. The molecule has 0 saturated carbocycles. The van der Waals surface area contributed by atoms with Crippen LogP contribution in [0.25, 0.3) is 11.2 Å². The van der Waals surface area contributed by atoms with E-state index >= 15 is 0 Å². The smallest absolute Gasteiger partial charge is 0.279 e. The van der Waals surface area contributed by atoms with Gasteiger partial charge in [-0.2, -0.15) is 5.26 Å². The molecule has 3 aromatic heterocycles. The quantitative estimate of drug-likeness (QED) is 0.561. The maximum Gasteiger partial charge on any atom is 0.279 e.